The summed E-state index contributed by atoms with van der Waals surface area (Å²) in [6.07, 6.45) is 1.42. The topological polar surface area (TPSA) is 57.6 Å². The van der Waals surface area contributed by atoms with Crippen LogP contribution in [0.15, 0.2) is 17.5 Å². The number of nitrogens with zero attached hydrogens (tertiary/aromatic N) is 1. The van der Waals surface area contributed by atoms with Gasteiger partial charge in [0.2, 0.25) is 0 Å². The molecule has 92 valence electrons. The molecule has 1 aromatic heterocycles. The Morgan fingerprint density at radius 1 is 1.47 bits per heavy atom. The number of aliphatic carboxylic acids is 1. The fraction of sp³-hybridized carbons (Fsp3) is 0.500. The maximum absolute atomic E-state index is 12.2. The first-order valence-corrected chi connectivity index (χ1v) is 6.55. The zero-order chi connectivity index (χ0) is 12.4. The van der Waals surface area contributed by atoms with Crippen LogP contribution in [0.5, 0.6) is 0 Å². The summed E-state index contributed by atoms with van der Waals surface area (Å²) in [5.74, 6) is -0.685. The number of carbonyl (C=O) groups is 2. The Morgan fingerprint density at radius 3 is 2.82 bits per heavy atom. The Kier molecular flexibility index (Phi) is 3.47. The third-order valence-electron chi connectivity index (χ3n) is 3.10. The zero-order valence-corrected chi connectivity index (χ0v) is 10.4. The van der Waals surface area contributed by atoms with Crippen molar-refractivity contribution in [2.75, 3.05) is 6.54 Å². The highest BCUT2D eigenvalue weighted by Gasteiger charge is 2.35. The first kappa shape index (κ1) is 12.1. The number of thiophene rings is 1. The lowest BCUT2D eigenvalue weighted by Gasteiger charge is -2.36. The van der Waals surface area contributed by atoms with E-state index in [4.69, 9.17) is 5.11 Å². The van der Waals surface area contributed by atoms with Crippen LogP contribution < -0.4 is 0 Å². The number of piperidine rings is 1. The van der Waals surface area contributed by atoms with Gasteiger partial charge in [-0.3, -0.25) is 4.79 Å². The standard InChI is InChI=1S/C12H15NO3S/c1-8-4-5-9(12(15)16)13(7-8)11(14)10-3-2-6-17-10/h2-3,6,8-9H,4-5,7H2,1H3,(H,15,16). The van der Waals surface area contributed by atoms with E-state index in [2.05, 4.69) is 0 Å². The van der Waals surface area contributed by atoms with Crippen LogP contribution in [0.1, 0.15) is 29.4 Å². The van der Waals surface area contributed by atoms with Crippen molar-refractivity contribution in [2.45, 2.75) is 25.8 Å². The number of rotatable bonds is 2. The molecule has 2 unspecified atom stereocenters. The first-order valence-electron chi connectivity index (χ1n) is 5.67. The van der Waals surface area contributed by atoms with Gasteiger partial charge in [0.1, 0.15) is 6.04 Å². The normalized spacial score (nSPS) is 24.6. The average Bonchev–Trinajstić information content (AvgIpc) is 2.80. The maximum Gasteiger partial charge on any atom is 0.326 e. The molecule has 0 saturated carbocycles. The lowest BCUT2D eigenvalue weighted by atomic mass is 9.94. The summed E-state index contributed by atoms with van der Waals surface area (Å²) in [5.41, 5.74) is 0. The minimum atomic E-state index is -0.901. The van der Waals surface area contributed by atoms with E-state index in [1.54, 1.807) is 12.1 Å². The fourth-order valence-electron chi connectivity index (χ4n) is 2.18. The molecule has 0 aromatic carbocycles. The maximum atomic E-state index is 12.2. The van der Waals surface area contributed by atoms with Crippen molar-refractivity contribution < 1.29 is 14.7 Å². The molecule has 1 N–H and O–H groups in total. The molecular weight excluding hydrogens is 238 g/mol. The lowest BCUT2D eigenvalue weighted by molar-refractivity contribution is -0.143. The number of hydrogen-bond acceptors (Lipinski definition) is 3. The van der Waals surface area contributed by atoms with Crippen LogP contribution in [0.25, 0.3) is 0 Å². The molecule has 0 spiro atoms. The Hall–Kier alpha value is -1.36. The summed E-state index contributed by atoms with van der Waals surface area (Å²) >= 11 is 1.36. The molecule has 5 heteroatoms. The van der Waals surface area contributed by atoms with Crippen molar-refractivity contribution in [3.63, 3.8) is 0 Å². The van der Waals surface area contributed by atoms with Crippen molar-refractivity contribution in [1.82, 2.24) is 4.90 Å². The zero-order valence-electron chi connectivity index (χ0n) is 9.63. The molecule has 2 rings (SSSR count). The Balaban J connectivity index is 2.20. The van der Waals surface area contributed by atoms with Gasteiger partial charge in [0.15, 0.2) is 0 Å². The summed E-state index contributed by atoms with van der Waals surface area (Å²) in [6, 6.07) is 2.88. The van der Waals surface area contributed by atoms with Gasteiger partial charge in [-0.05, 0) is 30.2 Å². The molecule has 17 heavy (non-hydrogen) atoms. The van der Waals surface area contributed by atoms with E-state index in [-0.39, 0.29) is 5.91 Å². The van der Waals surface area contributed by atoms with Gasteiger partial charge in [-0.2, -0.15) is 0 Å². The Bertz CT molecular complexity index is 415. The number of carboxylic acids is 1. The number of amides is 1. The van der Waals surface area contributed by atoms with E-state index in [0.717, 1.165) is 6.42 Å². The SMILES string of the molecule is CC1CCC(C(=O)O)N(C(=O)c2cccs2)C1. The van der Waals surface area contributed by atoms with Crippen LogP contribution in [0.4, 0.5) is 0 Å². The molecule has 0 aliphatic carbocycles. The second-order valence-electron chi connectivity index (χ2n) is 4.47. The van der Waals surface area contributed by atoms with Crippen LogP contribution in [0.3, 0.4) is 0 Å². The van der Waals surface area contributed by atoms with Gasteiger partial charge in [0.25, 0.3) is 5.91 Å². The van der Waals surface area contributed by atoms with Gasteiger partial charge in [0.05, 0.1) is 4.88 Å². The molecule has 2 heterocycles. The number of hydrogen-bond donors (Lipinski definition) is 1. The van der Waals surface area contributed by atoms with Crippen LogP contribution in [-0.4, -0.2) is 34.5 Å². The molecule has 2 atom stereocenters. The van der Waals surface area contributed by atoms with Gasteiger partial charge >= 0.3 is 5.97 Å². The molecule has 0 radical (unpaired) electrons. The molecule has 1 saturated heterocycles. The summed E-state index contributed by atoms with van der Waals surface area (Å²) in [5, 5.41) is 11.0. The predicted molar refractivity (Wildman–Crippen MR) is 65.2 cm³/mol. The third-order valence-corrected chi connectivity index (χ3v) is 3.95. The highest BCUT2D eigenvalue weighted by Crippen LogP contribution is 2.25. The van der Waals surface area contributed by atoms with Gasteiger partial charge in [-0.25, -0.2) is 4.79 Å². The molecule has 1 aromatic rings. The smallest absolute Gasteiger partial charge is 0.326 e. The first-order chi connectivity index (χ1) is 8.09. The minimum Gasteiger partial charge on any atom is -0.480 e. The van der Waals surface area contributed by atoms with Gasteiger partial charge in [0, 0.05) is 6.54 Å². The number of carboxylic acid groups (broad SMARTS) is 1. The quantitative estimate of drug-likeness (QED) is 0.877. The molecular formula is C12H15NO3S. The van der Waals surface area contributed by atoms with E-state index in [1.807, 2.05) is 12.3 Å². The van der Waals surface area contributed by atoms with Crippen molar-refractivity contribution in [3.8, 4) is 0 Å². The van der Waals surface area contributed by atoms with Gasteiger partial charge in [-0.1, -0.05) is 13.0 Å². The van der Waals surface area contributed by atoms with Gasteiger partial charge in [-0.15, -0.1) is 11.3 Å². The summed E-state index contributed by atoms with van der Waals surface area (Å²) < 4.78 is 0. The van der Waals surface area contributed by atoms with Crippen molar-refractivity contribution in [2.24, 2.45) is 5.92 Å². The third kappa shape index (κ3) is 2.49. The molecule has 1 fully saturated rings. The second-order valence-corrected chi connectivity index (χ2v) is 5.42. The monoisotopic (exact) mass is 253 g/mol. The lowest BCUT2D eigenvalue weighted by Crippen LogP contribution is -2.50. The van der Waals surface area contributed by atoms with Crippen molar-refractivity contribution >= 4 is 23.2 Å². The Labute approximate surface area is 104 Å². The van der Waals surface area contributed by atoms with Crippen molar-refractivity contribution in [1.29, 1.82) is 0 Å². The van der Waals surface area contributed by atoms with E-state index in [9.17, 15) is 9.59 Å². The van der Waals surface area contributed by atoms with Crippen molar-refractivity contribution in [3.05, 3.63) is 22.4 Å². The largest absolute Gasteiger partial charge is 0.480 e. The molecule has 4 nitrogen and oxygen atoms in total. The van der Waals surface area contributed by atoms with Crippen LogP contribution in [0.2, 0.25) is 0 Å². The van der Waals surface area contributed by atoms with Gasteiger partial charge < -0.3 is 10.0 Å². The minimum absolute atomic E-state index is 0.154. The summed E-state index contributed by atoms with van der Waals surface area (Å²) in [4.78, 5) is 25.5. The number of carbonyl (C=O) groups excluding carboxylic acids is 1. The average molecular weight is 253 g/mol. The highest BCUT2D eigenvalue weighted by molar-refractivity contribution is 7.12. The van der Waals surface area contributed by atoms with E-state index >= 15 is 0 Å². The second kappa shape index (κ2) is 4.87. The molecule has 0 bridgehead atoms. The van der Waals surface area contributed by atoms with Crippen LogP contribution in [0, 0.1) is 5.92 Å². The van der Waals surface area contributed by atoms with E-state index in [0.29, 0.717) is 23.8 Å². The summed E-state index contributed by atoms with van der Waals surface area (Å²) in [6.45, 7) is 2.58. The van der Waals surface area contributed by atoms with E-state index in [1.165, 1.54) is 16.2 Å². The Morgan fingerprint density at radius 2 is 2.24 bits per heavy atom. The predicted octanol–water partition coefficient (Wildman–Crippen LogP) is 2.07. The molecule has 1 aliphatic rings. The summed E-state index contributed by atoms with van der Waals surface area (Å²) in [7, 11) is 0. The molecule has 1 amide bonds. The van der Waals surface area contributed by atoms with Crippen LogP contribution in [-0.2, 0) is 4.79 Å². The molecule has 1 aliphatic heterocycles. The fourth-order valence-corrected chi connectivity index (χ4v) is 2.85. The van der Waals surface area contributed by atoms with Crippen LogP contribution >= 0.6 is 11.3 Å². The van der Waals surface area contributed by atoms with E-state index < -0.39 is 12.0 Å². The number of likely N-dealkylation sites (tertiary alicyclic amines) is 1. The highest BCUT2D eigenvalue weighted by atomic mass is 32.1.